The molecule has 16 heavy (non-hydrogen) atoms. The molecular formula is C12H21NO3. The van der Waals surface area contributed by atoms with Gasteiger partial charge in [-0.1, -0.05) is 6.92 Å². The lowest BCUT2D eigenvalue weighted by atomic mass is 9.88. The van der Waals surface area contributed by atoms with E-state index in [1.165, 1.54) is 0 Å². The van der Waals surface area contributed by atoms with Crippen molar-refractivity contribution < 1.29 is 14.4 Å². The largest absolute Gasteiger partial charge is 0.374 e. The van der Waals surface area contributed by atoms with Gasteiger partial charge in [-0.3, -0.25) is 9.63 Å². The van der Waals surface area contributed by atoms with Crippen molar-refractivity contribution >= 4 is 5.91 Å². The van der Waals surface area contributed by atoms with Crippen LogP contribution in [-0.2, 0) is 14.4 Å². The lowest BCUT2D eigenvalue weighted by Gasteiger charge is -2.30. The van der Waals surface area contributed by atoms with Gasteiger partial charge in [-0.25, -0.2) is 5.06 Å². The molecule has 4 unspecified atom stereocenters. The zero-order chi connectivity index (χ0) is 11.7. The molecule has 2 aliphatic rings. The Morgan fingerprint density at radius 2 is 1.94 bits per heavy atom. The maximum absolute atomic E-state index is 12.3. The zero-order valence-corrected chi connectivity index (χ0v) is 10.3. The van der Waals surface area contributed by atoms with Gasteiger partial charge >= 0.3 is 0 Å². The Bertz CT molecular complexity index is 263. The molecule has 2 rings (SSSR count). The second-order valence-corrected chi connectivity index (χ2v) is 4.91. The minimum atomic E-state index is -0.0481. The molecule has 0 aliphatic carbocycles. The second-order valence-electron chi connectivity index (χ2n) is 4.91. The number of ether oxygens (including phenoxy) is 1. The quantitative estimate of drug-likeness (QED) is 0.683. The molecule has 0 N–H and O–H groups in total. The molecule has 2 aliphatic heterocycles. The van der Waals surface area contributed by atoms with Crippen LogP contribution < -0.4 is 0 Å². The lowest BCUT2D eigenvalue weighted by molar-refractivity contribution is -0.203. The summed E-state index contributed by atoms with van der Waals surface area (Å²) >= 11 is 0. The summed E-state index contributed by atoms with van der Waals surface area (Å²) in [5.41, 5.74) is 0. The molecule has 2 fully saturated rings. The molecule has 0 aromatic rings. The number of nitrogens with zero attached hydrogens (tertiary/aromatic N) is 1. The van der Waals surface area contributed by atoms with Crippen LogP contribution in [0.5, 0.6) is 0 Å². The summed E-state index contributed by atoms with van der Waals surface area (Å²) in [5, 5.41) is 1.54. The first-order chi connectivity index (χ1) is 7.61. The van der Waals surface area contributed by atoms with Crippen LogP contribution in [0.3, 0.4) is 0 Å². The van der Waals surface area contributed by atoms with Crippen molar-refractivity contribution in [3.8, 4) is 0 Å². The minimum Gasteiger partial charge on any atom is -0.374 e. The van der Waals surface area contributed by atoms with E-state index in [9.17, 15) is 4.79 Å². The number of carbonyl (C=O) groups excluding carboxylic acids is 1. The molecule has 0 bridgehead atoms. The Kier molecular flexibility index (Phi) is 3.50. The first-order valence-electron chi connectivity index (χ1n) is 6.21. The van der Waals surface area contributed by atoms with Crippen LogP contribution in [-0.4, -0.2) is 36.3 Å². The molecule has 2 saturated heterocycles. The number of hydrogen-bond acceptors (Lipinski definition) is 3. The fraction of sp³-hybridized carbons (Fsp3) is 0.917. The Morgan fingerprint density at radius 1 is 1.19 bits per heavy atom. The van der Waals surface area contributed by atoms with Crippen molar-refractivity contribution in [1.82, 2.24) is 5.06 Å². The molecule has 0 spiro atoms. The van der Waals surface area contributed by atoms with Crippen molar-refractivity contribution in [3.63, 3.8) is 0 Å². The third-order valence-corrected chi connectivity index (χ3v) is 3.78. The highest BCUT2D eigenvalue weighted by atomic mass is 16.7. The highest BCUT2D eigenvalue weighted by Crippen LogP contribution is 2.33. The highest BCUT2D eigenvalue weighted by Gasteiger charge is 2.43. The van der Waals surface area contributed by atoms with Gasteiger partial charge in [-0.15, -0.1) is 0 Å². The number of rotatable bonds is 1. The van der Waals surface area contributed by atoms with Crippen LogP contribution in [0.1, 0.15) is 33.6 Å². The van der Waals surface area contributed by atoms with E-state index < -0.39 is 0 Å². The summed E-state index contributed by atoms with van der Waals surface area (Å²) in [5.74, 6) is 0.324. The third-order valence-electron chi connectivity index (χ3n) is 3.78. The molecule has 0 aromatic heterocycles. The Balaban J connectivity index is 2.02. The van der Waals surface area contributed by atoms with E-state index in [2.05, 4.69) is 6.92 Å². The van der Waals surface area contributed by atoms with Crippen molar-refractivity contribution in [3.05, 3.63) is 0 Å². The van der Waals surface area contributed by atoms with Gasteiger partial charge in [0.1, 0.15) is 0 Å². The zero-order valence-electron chi connectivity index (χ0n) is 10.3. The first kappa shape index (κ1) is 11.9. The second kappa shape index (κ2) is 4.72. The smallest absolute Gasteiger partial charge is 0.252 e. The molecule has 4 atom stereocenters. The monoisotopic (exact) mass is 227 g/mol. The van der Waals surface area contributed by atoms with E-state index in [4.69, 9.17) is 9.57 Å². The van der Waals surface area contributed by atoms with Crippen LogP contribution >= 0.6 is 0 Å². The van der Waals surface area contributed by atoms with Gasteiger partial charge in [0.25, 0.3) is 5.91 Å². The fourth-order valence-electron chi connectivity index (χ4n) is 2.63. The molecule has 4 nitrogen and oxygen atoms in total. The Morgan fingerprint density at radius 3 is 2.44 bits per heavy atom. The summed E-state index contributed by atoms with van der Waals surface area (Å²) in [4.78, 5) is 17.7. The maximum Gasteiger partial charge on any atom is 0.252 e. The van der Waals surface area contributed by atoms with Gasteiger partial charge in [0.2, 0.25) is 0 Å². The maximum atomic E-state index is 12.3. The Labute approximate surface area is 96.8 Å². The average molecular weight is 227 g/mol. The van der Waals surface area contributed by atoms with Gasteiger partial charge in [0, 0.05) is 6.54 Å². The van der Waals surface area contributed by atoms with Crippen LogP contribution in [0.2, 0.25) is 0 Å². The van der Waals surface area contributed by atoms with E-state index in [-0.39, 0.29) is 30.0 Å². The molecule has 0 saturated carbocycles. The number of carbonyl (C=O) groups is 1. The SMILES string of the molecule is CC1OC(C)C(C(=O)N2CCCCO2)C1C. The Hall–Kier alpha value is -0.610. The van der Waals surface area contributed by atoms with Gasteiger partial charge in [-0.05, 0) is 32.6 Å². The van der Waals surface area contributed by atoms with Gasteiger partial charge in [0.05, 0.1) is 24.7 Å². The predicted molar refractivity (Wildman–Crippen MR) is 59.6 cm³/mol. The molecule has 1 amide bonds. The minimum absolute atomic E-state index is 0.00280. The molecule has 0 aromatic carbocycles. The van der Waals surface area contributed by atoms with Gasteiger partial charge in [0.15, 0.2) is 0 Å². The topological polar surface area (TPSA) is 38.8 Å². The molecular weight excluding hydrogens is 206 g/mol. The van der Waals surface area contributed by atoms with E-state index in [0.29, 0.717) is 6.61 Å². The summed E-state index contributed by atoms with van der Waals surface area (Å²) in [6, 6.07) is 0. The first-order valence-corrected chi connectivity index (χ1v) is 6.21. The molecule has 0 radical (unpaired) electrons. The average Bonchev–Trinajstić information content (AvgIpc) is 2.54. The van der Waals surface area contributed by atoms with Crippen LogP contribution in [0.25, 0.3) is 0 Å². The van der Waals surface area contributed by atoms with Crippen molar-refractivity contribution in [2.24, 2.45) is 11.8 Å². The lowest BCUT2D eigenvalue weighted by Crippen LogP contribution is -2.43. The van der Waals surface area contributed by atoms with Crippen LogP contribution in [0.15, 0.2) is 0 Å². The van der Waals surface area contributed by atoms with Gasteiger partial charge < -0.3 is 4.74 Å². The van der Waals surface area contributed by atoms with E-state index in [1.807, 2.05) is 13.8 Å². The molecule has 2 heterocycles. The van der Waals surface area contributed by atoms with E-state index in [0.717, 1.165) is 19.4 Å². The third kappa shape index (κ3) is 2.09. The van der Waals surface area contributed by atoms with E-state index in [1.54, 1.807) is 5.06 Å². The predicted octanol–water partition coefficient (Wildman–Crippen LogP) is 1.60. The summed E-state index contributed by atoms with van der Waals surface area (Å²) in [6.07, 6.45) is 2.25. The van der Waals surface area contributed by atoms with E-state index >= 15 is 0 Å². The van der Waals surface area contributed by atoms with Crippen LogP contribution in [0, 0.1) is 11.8 Å². The normalized spacial score (nSPS) is 40.1. The van der Waals surface area contributed by atoms with Crippen molar-refractivity contribution in [2.75, 3.05) is 13.2 Å². The summed E-state index contributed by atoms with van der Waals surface area (Å²) < 4.78 is 5.69. The number of hydroxylamine groups is 2. The standard InChI is InChI=1S/C12H21NO3/c1-8-9(2)16-10(3)11(8)12(14)13-6-4-5-7-15-13/h8-11H,4-7H2,1-3H3. The van der Waals surface area contributed by atoms with Crippen molar-refractivity contribution in [2.45, 2.75) is 45.8 Å². The summed E-state index contributed by atoms with van der Waals surface area (Å²) in [6.45, 7) is 7.49. The highest BCUT2D eigenvalue weighted by molar-refractivity contribution is 5.79. The summed E-state index contributed by atoms with van der Waals surface area (Å²) in [7, 11) is 0. The number of amides is 1. The fourth-order valence-corrected chi connectivity index (χ4v) is 2.63. The number of hydrogen-bond donors (Lipinski definition) is 0. The molecule has 92 valence electrons. The van der Waals surface area contributed by atoms with Crippen molar-refractivity contribution in [1.29, 1.82) is 0 Å². The van der Waals surface area contributed by atoms with Gasteiger partial charge in [-0.2, -0.15) is 0 Å². The van der Waals surface area contributed by atoms with Crippen LogP contribution in [0.4, 0.5) is 0 Å². The molecule has 4 heteroatoms.